The van der Waals surface area contributed by atoms with E-state index in [1.54, 1.807) is 12.1 Å². The van der Waals surface area contributed by atoms with E-state index in [0.717, 1.165) is 15.7 Å². The molecule has 0 heterocycles. The molecule has 0 aliphatic rings. The van der Waals surface area contributed by atoms with Gasteiger partial charge in [0.2, 0.25) is 0 Å². The summed E-state index contributed by atoms with van der Waals surface area (Å²) in [5.74, 6) is 0.447. The molecule has 0 saturated heterocycles. The first-order chi connectivity index (χ1) is 10.2. The molecule has 108 valence electrons. The van der Waals surface area contributed by atoms with E-state index in [1.165, 1.54) is 6.07 Å². The van der Waals surface area contributed by atoms with Crippen LogP contribution >= 0.6 is 15.9 Å². The van der Waals surface area contributed by atoms with Gasteiger partial charge >= 0.3 is 0 Å². The van der Waals surface area contributed by atoms with Gasteiger partial charge in [-0.3, -0.25) is 0 Å². The van der Waals surface area contributed by atoms with Crippen molar-refractivity contribution in [1.82, 2.24) is 0 Å². The molecule has 1 unspecified atom stereocenters. The SMILES string of the molecule is CCOc1cc(C(C#N)Nc2ccccc2Br)ccc1O. The van der Waals surface area contributed by atoms with Crippen molar-refractivity contribution in [3.63, 3.8) is 0 Å². The van der Waals surface area contributed by atoms with Gasteiger partial charge in [-0.2, -0.15) is 5.26 Å². The number of nitriles is 1. The predicted molar refractivity (Wildman–Crippen MR) is 85.4 cm³/mol. The van der Waals surface area contributed by atoms with Crippen molar-refractivity contribution in [2.24, 2.45) is 0 Å². The molecule has 5 heteroatoms. The van der Waals surface area contributed by atoms with E-state index >= 15 is 0 Å². The van der Waals surface area contributed by atoms with E-state index in [9.17, 15) is 10.4 Å². The van der Waals surface area contributed by atoms with Gasteiger partial charge in [-0.05, 0) is 52.7 Å². The minimum atomic E-state index is -0.538. The van der Waals surface area contributed by atoms with Gasteiger partial charge in [-0.1, -0.05) is 18.2 Å². The fourth-order valence-electron chi connectivity index (χ4n) is 1.91. The number of phenolic OH excluding ortho intramolecular Hbond substituents is 1. The predicted octanol–water partition coefficient (Wildman–Crippen LogP) is 4.23. The molecule has 4 nitrogen and oxygen atoms in total. The summed E-state index contributed by atoms with van der Waals surface area (Å²) in [6, 6.07) is 14.2. The van der Waals surface area contributed by atoms with Crippen molar-refractivity contribution < 1.29 is 9.84 Å². The first-order valence-electron chi connectivity index (χ1n) is 6.52. The van der Waals surface area contributed by atoms with Gasteiger partial charge in [0.05, 0.1) is 12.7 Å². The number of anilines is 1. The summed E-state index contributed by atoms with van der Waals surface area (Å²) in [4.78, 5) is 0. The number of halogens is 1. The Morgan fingerprint density at radius 2 is 2.10 bits per heavy atom. The summed E-state index contributed by atoms with van der Waals surface area (Å²) >= 11 is 3.44. The fraction of sp³-hybridized carbons (Fsp3) is 0.188. The quantitative estimate of drug-likeness (QED) is 0.850. The van der Waals surface area contributed by atoms with Crippen LogP contribution in [0.5, 0.6) is 11.5 Å². The molecule has 0 aliphatic heterocycles. The molecule has 1 atom stereocenters. The highest BCUT2D eigenvalue weighted by atomic mass is 79.9. The Bertz CT molecular complexity index is 668. The smallest absolute Gasteiger partial charge is 0.161 e. The third-order valence-corrected chi connectivity index (χ3v) is 3.61. The van der Waals surface area contributed by atoms with E-state index in [0.29, 0.717) is 12.4 Å². The number of benzene rings is 2. The van der Waals surface area contributed by atoms with E-state index in [2.05, 4.69) is 27.3 Å². The van der Waals surface area contributed by atoms with Crippen LogP contribution in [-0.4, -0.2) is 11.7 Å². The second kappa shape index (κ2) is 7.00. The van der Waals surface area contributed by atoms with Crippen LogP contribution in [0, 0.1) is 11.3 Å². The van der Waals surface area contributed by atoms with Crippen LogP contribution in [0.2, 0.25) is 0 Å². The van der Waals surface area contributed by atoms with Crippen LogP contribution < -0.4 is 10.1 Å². The summed E-state index contributed by atoms with van der Waals surface area (Å²) in [6.45, 7) is 2.29. The van der Waals surface area contributed by atoms with E-state index in [4.69, 9.17) is 4.74 Å². The van der Waals surface area contributed by atoms with Crippen molar-refractivity contribution in [2.45, 2.75) is 13.0 Å². The Balaban J connectivity index is 2.28. The molecule has 0 aromatic heterocycles. The molecule has 2 N–H and O–H groups in total. The van der Waals surface area contributed by atoms with Gasteiger partial charge < -0.3 is 15.2 Å². The van der Waals surface area contributed by atoms with Gasteiger partial charge in [-0.15, -0.1) is 0 Å². The third-order valence-electron chi connectivity index (χ3n) is 2.92. The van der Waals surface area contributed by atoms with Gasteiger partial charge in [-0.25, -0.2) is 0 Å². The zero-order valence-electron chi connectivity index (χ0n) is 11.5. The highest BCUT2D eigenvalue weighted by Gasteiger charge is 2.14. The molecule has 0 bridgehead atoms. The number of para-hydroxylation sites is 1. The lowest BCUT2D eigenvalue weighted by Crippen LogP contribution is -2.09. The lowest BCUT2D eigenvalue weighted by atomic mass is 10.1. The highest BCUT2D eigenvalue weighted by Crippen LogP contribution is 2.31. The summed E-state index contributed by atoms with van der Waals surface area (Å²) in [5, 5.41) is 22.3. The zero-order chi connectivity index (χ0) is 15.2. The highest BCUT2D eigenvalue weighted by molar-refractivity contribution is 9.10. The van der Waals surface area contributed by atoms with Crippen molar-refractivity contribution >= 4 is 21.6 Å². The second-order valence-electron chi connectivity index (χ2n) is 4.35. The summed E-state index contributed by atoms with van der Waals surface area (Å²) in [5.41, 5.74) is 1.56. The van der Waals surface area contributed by atoms with Crippen molar-refractivity contribution in [2.75, 3.05) is 11.9 Å². The number of nitrogens with one attached hydrogen (secondary N) is 1. The van der Waals surface area contributed by atoms with Crippen LogP contribution in [0.1, 0.15) is 18.5 Å². The minimum Gasteiger partial charge on any atom is -0.504 e. The number of phenols is 1. The zero-order valence-corrected chi connectivity index (χ0v) is 13.1. The van der Waals surface area contributed by atoms with Crippen molar-refractivity contribution in [1.29, 1.82) is 5.26 Å². The second-order valence-corrected chi connectivity index (χ2v) is 5.20. The van der Waals surface area contributed by atoms with Crippen LogP contribution in [0.4, 0.5) is 5.69 Å². The number of nitrogens with zero attached hydrogens (tertiary/aromatic N) is 1. The Labute approximate surface area is 132 Å². The molecule has 2 rings (SSSR count). The summed E-state index contributed by atoms with van der Waals surface area (Å²) < 4.78 is 6.23. The Kier molecular flexibility index (Phi) is 5.07. The monoisotopic (exact) mass is 346 g/mol. The molecule has 0 aliphatic carbocycles. The Morgan fingerprint density at radius 3 is 2.76 bits per heavy atom. The topological polar surface area (TPSA) is 65.3 Å². The molecule has 2 aromatic rings. The molecular formula is C16H15BrN2O2. The van der Waals surface area contributed by atoms with Gasteiger partial charge in [0, 0.05) is 10.2 Å². The molecule has 0 fully saturated rings. The minimum absolute atomic E-state index is 0.0678. The van der Waals surface area contributed by atoms with E-state index in [1.807, 2.05) is 31.2 Å². The number of ether oxygens (including phenoxy) is 1. The molecule has 2 aromatic carbocycles. The maximum Gasteiger partial charge on any atom is 0.161 e. The number of hydrogen-bond donors (Lipinski definition) is 2. The number of rotatable bonds is 5. The van der Waals surface area contributed by atoms with Crippen LogP contribution in [0.25, 0.3) is 0 Å². The Hall–Kier alpha value is -2.19. The number of aromatic hydroxyl groups is 1. The van der Waals surface area contributed by atoms with E-state index < -0.39 is 6.04 Å². The molecule has 0 radical (unpaired) electrons. The molecule has 21 heavy (non-hydrogen) atoms. The van der Waals surface area contributed by atoms with Crippen LogP contribution in [-0.2, 0) is 0 Å². The van der Waals surface area contributed by atoms with Crippen molar-refractivity contribution in [3.8, 4) is 17.6 Å². The lowest BCUT2D eigenvalue weighted by molar-refractivity contribution is 0.317. The standard InChI is InChI=1S/C16H15BrN2O2/c1-2-21-16-9-11(7-8-15(16)20)14(10-18)19-13-6-4-3-5-12(13)17/h3-9,14,19-20H,2H2,1H3. The van der Waals surface area contributed by atoms with Gasteiger partial charge in [0.1, 0.15) is 6.04 Å². The van der Waals surface area contributed by atoms with Crippen LogP contribution in [0.15, 0.2) is 46.9 Å². The molecular weight excluding hydrogens is 332 g/mol. The van der Waals surface area contributed by atoms with Crippen LogP contribution in [0.3, 0.4) is 0 Å². The summed E-state index contributed by atoms with van der Waals surface area (Å²) in [6.07, 6.45) is 0. The maximum absolute atomic E-state index is 9.72. The average Bonchev–Trinajstić information content (AvgIpc) is 2.49. The first-order valence-corrected chi connectivity index (χ1v) is 7.31. The van der Waals surface area contributed by atoms with Gasteiger partial charge in [0.25, 0.3) is 0 Å². The third kappa shape index (κ3) is 3.67. The first kappa shape index (κ1) is 15.2. The lowest BCUT2D eigenvalue weighted by Gasteiger charge is -2.16. The molecule has 0 saturated carbocycles. The summed E-state index contributed by atoms with van der Waals surface area (Å²) in [7, 11) is 0. The normalized spacial score (nSPS) is 11.5. The van der Waals surface area contributed by atoms with Gasteiger partial charge in [0.15, 0.2) is 11.5 Å². The fourth-order valence-corrected chi connectivity index (χ4v) is 2.30. The molecule has 0 amide bonds. The Morgan fingerprint density at radius 1 is 1.33 bits per heavy atom. The maximum atomic E-state index is 9.72. The van der Waals surface area contributed by atoms with E-state index in [-0.39, 0.29) is 5.75 Å². The van der Waals surface area contributed by atoms with Crippen molar-refractivity contribution in [3.05, 3.63) is 52.5 Å². The number of hydrogen-bond acceptors (Lipinski definition) is 4. The molecule has 0 spiro atoms. The average molecular weight is 347 g/mol. The largest absolute Gasteiger partial charge is 0.504 e.